The number of nitrogens with one attached hydrogen (secondary N) is 1. The maximum Gasteiger partial charge on any atom is 0.229 e. The third-order valence-electron chi connectivity index (χ3n) is 5.30. The molecule has 0 radical (unpaired) electrons. The molecule has 0 amide bonds. The van der Waals surface area contributed by atoms with Crippen molar-refractivity contribution in [2.45, 2.75) is 19.6 Å². The molecule has 1 N–H and O–H groups in total. The Labute approximate surface area is 183 Å². The molecule has 2 heterocycles. The summed E-state index contributed by atoms with van der Waals surface area (Å²) in [7, 11) is -3.34. The van der Waals surface area contributed by atoms with Crippen molar-refractivity contribution in [1.29, 1.82) is 0 Å². The number of hydrogen-bond acceptors (Lipinski definition) is 6. The Morgan fingerprint density at radius 3 is 2.26 bits per heavy atom. The van der Waals surface area contributed by atoms with Crippen LogP contribution in [-0.2, 0) is 15.8 Å². The van der Waals surface area contributed by atoms with Gasteiger partial charge in [0.25, 0.3) is 0 Å². The number of nitrogens with zero attached hydrogens (tertiary/aromatic N) is 4. The molecule has 1 aliphatic rings. The van der Waals surface area contributed by atoms with E-state index in [1.807, 2.05) is 74.5 Å². The predicted octanol–water partition coefficient (Wildman–Crippen LogP) is 3.49. The van der Waals surface area contributed by atoms with E-state index in [-0.39, 0.29) is 5.75 Å². The molecule has 0 bridgehead atoms. The van der Waals surface area contributed by atoms with E-state index in [1.165, 1.54) is 5.56 Å². The average Bonchev–Trinajstić information content (AvgIpc) is 2.75. The Kier molecular flexibility index (Phi) is 6.20. The first-order valence-corrected chi connectivity index (χ1v) is 12.0. The molecule has 1 fully saturated rings. The van der Waals surface area contributed by atoms with Crippen LogP contribution < -0.4 is 10.2 Å². The largest absolute Gasteiger partial charge is 0.354 e. The van der Waals surface area contributed by atoms with E-state index >= 15 is 0 Å². The Bertz CT molecular complexity index is 1130. The van der Waals surface area contributed by atoms with Crippen molar-refractivity contribution in [3.8, 4) is 0 Å². The fourth-order valence-corrected chi connectivity index (χ4v) is 5.12. The standard InChI is InChI=1S/C23H27N5O2S/c1-18-8-10-21(11-9-18)25-23-24-19(2)16-22(26-23)27-12-14-28(15-13-27)31(29,30)17-20-6-4-3-5-7-20/h3-11,16H,12-15,17H2,1-2H3,(H,24,25,26). The Morgan fingerprint density at radius 1 is 0.903 bits per heavy atom. The zero-order valence-corrected chi connectivity index (χ0v) is 18.6. The van der Waals surface area contributed by atoms with Crippen molar-refractivity contribution in [2.24, 2.45) is 0 Å². The molecule has 8 heteroatoms. The van der Waals surface area contributed by atoms with E-state index in [0.29, 0.717) is 32.1 Å². The summed E-state index contributed by atoms with van der Waals surface area (Å²) in [5.74, 6) is 1.38. The summed E-state index contributed by atoms with van der Waals surface area (Å²) in [5.41, 5.74) is 3.79. The molecular formula is C23H27N5O2S. The Balaban J connectivity index is 1.42. The highest BCUT2D eigenvalue weighted by molar-refractivity contribution is 7.88. The van der Waals surface area contributed by atoms with Gasteiger partial charge >= 0.3 is 0 Å². The van der Waals surface area contributed by atoms with Crippen LogP contribution in [0.3, 0.4) is 0 Å². The predicted molar refractivity (Wildman–Crippen MR) is 124 cm³/mol. The zero-order chi connectivity index (χ0) is 21.8. The van der Waals surface area contributed by atoms with Gasteiger partial charge in [-0.2, -0.15) is 9.29 Å². The summed E-state index contributed by atoms with van der Waals surface area (Å²) >= 11 is 0. The third-order valence-corrected chi connectivity index (χ3v) is 7.15. The summed E-state index contributed by atoms with van der Waals surface area (Å²) in [6.07, 6.45) is 0. The van der Waals surface area contributed by atoms with Gasteiger partial charge in [0.05, 0.1) is 5.75 Å². The molecule has 2 aromatic carbocycles. The molecule has 0 unspecified atom stereocenters. The van der Waals surface area contributed by atoms with Crippen molar-refractivity contribution < 1.29 is 8.42 Å². The van der Waals surface area contributed by atoms with Crippen molar-refractivity contribution in [3.05, 3.63) is 77.5 Å². The van der Waals surface area contributed by atoms with Crippen LogP contribution in [0.5, 0.6) is 0 Å². The van der Waals surface area contributed by atoms with Gasteiger partial charge in [-0.1, -0.05) is 48.0 Å². The number of hydrogen-bond donors (Lipinski definition) is 1. The Hall–Kier alpha value is -2.97. The van der Waals surface area contributed by atoms with E-state index in [0.717, 1.165) is 22.8 Å². The number of benzene rings is 2. The molecule has 0 aliphatic carbocycles. The number of anilines is 3. The summed E-state index contributed by atoms with van der Waals surface area (Å²) in [5, 5.41) is 3.26. The normalized spacial score (nSPS) is 15.1. The quantitative estimate of drug-likeness (QED) is 0.636. The molecule has 1 saturated heterocycles. The van der Waals surface area contributed by atoms with Gasteiger partial charge in [0, 0.05) is 43.6 Å². The highest BCUT2D eigenvalue weighted by Crippen LogP contribution is 2.21. The van der Waals surface area contributed by atoms with Crippen molar-refractivity contribution in [2.75, 3.05) is 36.4 Å². The van der Waals surface area contributed by atoms with Crippen LogP contribution in [-0.4, -0.2) is 48.9 Å². The molecule has 3 aromatic rings. The van der Waals surface area contributed by atoms with E-state index in [2.05, 4.69) is 20.2 Å². The third kappa shape index (κ3) is 5.39. The van der Waals surface area contributed by atoms with Gasteiger partial charge in [-0.25, -0.2) is 13.4 Å². The second-order valence-corrected chi connectivity index (χ2v) is 9.78. The highest BCUT2D eigenvalue weighted by atomic mass is 32.2. The van der Waals surface area contributed by atoms with Gasteiger partial charge in [0.15, 0.2) is 0 Å². The van der Waals surface area contributed by atoms with Crippen LogP contribution in [0.1, 0.15) is 16.8 Å². The lowest BCUT2D eigenvalue weighted by molar-refractivity contribution is 0.383. The molecule has 1 aliphatic heterocycles. The second-order valence-electron chi connectivity index (χ2n) is 7.81. The first-order chi connectivity index (χ1) is 14.9. The SMILES string of the molecule is Cc1ccc(Nc2nc(C)cc(N3CCN(S(=O)(=O)Cc4ccccc4)CC3)n2)cc1. The molecular weight excluding hydrogens is 410 g/mol. The van der Waals surface area contributed by atoms with Crippen LogP contribution in [0.4, 0.5) is 17.5 Å². The lowest BCUT2D eigenvalue weighted by atomic mass is 10.2. The number of piperazine rings is 1. The fourth-order valence-electron chi connectivity index (χ4n) is 3.61. The van der Waals surface area contributed by atoms with Gasteiger partial charge < -0.3 is 10.2 Å². The second kappa shape index (κ2) is 9.03. The number of rotatable bonds is 6. The molecule has 0 spiro atoms. The van der Waals surface area contributed by atoms with E-state index in [1.54, 1.807) is 4.31 Å². The van der Waals surface area contributed by atoms with Crippen LogP contribution in [0.15, 0.2) is 60.7 Å². The van der Waals surface area contributed by atoms with Crippen LogP contribution >= 0.6 is 0 Å². The minimum atomic E-state index is -3.34. The monoisotopic (exact) mass is 437 g/mol. The van der Waals surface area contributed by atoms with Crippen LogP contribution in [0, 0.1) is 13.8 Å². The summed E-state index contributed by atoms with van der Waals surface area (Å²) in [6.45, 7) is 6.05. The molecule has 162 valence electrons. The molecule has 4 rings (SSSR count). The lowest BCUT2D eigenvalue weighted by Crippen LogP contribution is -2.49. The number of sulfonamides is 1. The first-order valence-electron chi connectivity index (χ1n) is 10.4. The maximum atomic E-state index is 12.8. The van der Waals surface area contributed by atoms with Gasteiger partial charge in [-0.15, -0.1) is 0 Å². The molecule has 0 atom stereocenters. The van der Waals surface area contributed by atoms with Crippen LogP contribution in [0.25, 0.3) is 0 Å². The lowest BCUT2D eigenvalue weighted by Gasteiger charge is -2.34. The first kappa shape index (κ1) is 21.3. The molecule has 0 saturated carbocycles. The van der Waals surface area contributed by atoms with Crippen molar-refractivity contribution in [3.63, 3.8) is 0 Å². The van der Waals surface area contributed by atoms with E-state index < -0.39 is 10.0 Å². The summed E-state index contributed by atoms with van der Waals surface area (Å²) in [6, 6.07) is 19.3. The Morgan fingerprint density at radius 2 is 1.58 bits per heavy atom. The van der Waals surface area contributed by atoms with Gasteiger partial charge in [-0.05, 0) is 31.5 Å². The topological polar surface area (TPSA) is 78.4 Å². The number of aryl methyl sites for hydroxylation is 2. The minimum absolute atomic E-state index is 0.0328. The van der Waals surface area contributed by atoms with Gasteiger partial charge in [0.2, 0.25) is 16.0 Å². The zero-order valence-electron chi connectivity index (χ0n) is 17.8. The molecule has 1 aromatic heterocycles. The van der Waals surface area contributed by atoms with Gasteiger partial charge in [0.1, 0.15) is 5.82 Å². The highest BCUT2D eigenvalue weighted by Gasteiger charge is 2.27. The van der Waals surface area contributed by atoms with Gasteiger partial charge in [-0.3, -0.25) is 0 Å². The fraction of sp³-hybridized carbons (Fsp3) is 0.304. The average molecular weight is 438 g/mol. The summed E-state index contributed by atoms with van der Waals surface area (Å²) < 4.78 is 27.2. The minimum Gasteiger partial charge on any atom is -0.354 e. The smallest absolute Gasteiger partial charge is 0.229 e. The molecule has 31 heavy (non-hydrogen) atoms. The summed E-state index contributed by atoms with van der Waals surface area (Å²) in [4.78, 5) is 11.3. The number of aromatic nitrogens is 2. The van der Waals surface area contributed by atoms with Crippen LogP contribution in [0.2, 0.25) is 0 Å². The van der Waals surface area contributed by atoms with E-state index in [9.17, 15) is 8.42 Å². The maximum absolute atomic E-state index is 12.8. The van der Waals surface area contributed by atoms with Crippen molar-refractivity contribution in [1.82, 2.24) is 14.3 Å². The molecule has 7 nitrogen and oxygen atoms in total. The van der Waals surface area contributed by atoms with Crippen molar-refractivity contribution >= 4 is 27.5 Å². The van der Waals surface area contributed by atoms with E-state index in [4.69, 9.17) is 0 Å².